The third kappa shape index (κ3) is 1.83. The Morgan fingerprint density at radius 1 is 1.50 bits per heavy atom. The van der Waals surface area contributed by atoms with Crippen molar-refractivity contribution >= 4 is 18.1 Å². The van der Waals surface area contributed by atoms with E-state index in [0.29, 0.717) is 12.3 Å². The first-order valence-electron chi connectivity index (χ1n) is 4.56. The lowest BCUT2D eigenvalue weighted by atomic mass is 9.98. The Kier molecular flexibility index (Phi) is 3.38. The predicted molar refractivity (Wildman–Crippen MR) is 59.4 cm³/mol. The Hall–Kier alpha value is -1.20. The summed E-state index contributed by atoms with van der Waals surface area (Å²) < 4.78 is 0. The van der Waals surface area contributed by atoms with Gasteiger partial charge >= 0.3 is 0 Å². The molecule has 1 aliphatic carbocycles. The van der Waals surface area contributed by atoms with Gasteiger partial charge in [0, 0.05) is 12.1 Å². The molecule has 0 fully saturated rings. The number of nitriles is 1. The monoisotopic (exact) mass is 208 g/mol. The number of hydrogen-bond donors (Lipinski definition) is 1. The molecule has 1 aromatic rings. The van der Waals surface area contributed by atoms with Crippen LogP contribution in [0.3, 0.4) is 0 Å². The highest BCUT2D eigenvalue weighted by Gasteiger charge is 2.21. The predicted octanol–water partition coefficient (Wildman–Crippen LogP) is 2.63. The molecule has 2 rings (SSSR count). The van der Waals surface area contributed by atoms with Crippen molar-refractivity contribution < 1.29 is 0 Å². The second-order valence-electron chi connectivity index (χ2n) is 3.56. The average molecular weight is 209 g/mol. The van der Waals surface area contributed by atoms with Gasteiger partial charge in [-0.25, -0.2) is 0 Å². The Balaban J connectivity index is 0.000000980. The molecular weight excluding hydrogens is 196 g/mol. The maximum absolute atomic E-state index is 8.63. The Labute approximate surface area is 90.1 Å². The van der Waals surface area contributed by atoms with E-state index in [-0.39, 0.29) is 12.4 Å². The Bertz CT molecular complexity index is 368. The summed E-state index contributed by atoms with van der Waals surface area (Å²) in [5.74, 6) is 0.445. The van der Waals surface area contributed by atoms with E-state index in [0.717, 1.165) is 18.5 Å². The maximum atomic E-state index is 8.63. The van der Waals surface area contributed by atoms with Crippen LogP contribution in [0.2, 0.25) is 0 Å². The normalized spacial score (nSPS) is 18.1. The fraction of sp³-hybridized carbons (Fsp3) is 0.364. The highest BCUT2D eigenvalue weighted by Crippen LogP contribution is 2.35. The van der Waals surface area contributed by atoms with Gasteiger partial charge in [-0.05, 0) is 42.0 Å². The third-order valence-corrected chi connectivity index (χ3v) is 2.71. The molecule has 1 atom stereocenters. The summed E-state index contributed by atoms with van der Waals surface area (Å²) in [4.78, 5) is 0. The van der Waals surface area contributed by atoms with Crippen molar-refractivity contribution in [1.29, 1.82) is 5.26 Å². The van der Waals surface area contributed by atoms with Crippen LogP contribution in [-0.4, -0.2) is 0 Å². The molecule has 0 aliphatic heterocycles. The van der Waals surface area contributed by atoms with Crippen LogP contribution in [0.4, 0.5) is 5.69 Å². The van der Waals surface area contributed by atoms with Gasteiger partial charge in [-0.3, -0.25) is 0 Å². The van der Waals surface area contributed by atoms with Crippen molar-refractivity contribution in [2.45, 2.75) is 25.2 Å². The van der Waals surface area contributed by atoms with Crippen molar-refractivity contribution in [3.63, 3.8) is 0 Å². The zero-order valence-corrected chi connectivity index (χ0v) is 8.68. The molecule has 14 heavy (non-hydrogen) atoms. The quantitative estimate of drug-likeness (QED) is 0.722. The van der Waals surface area contributed by atoms with Crippen molar-refractivity contribution in [1.82, 2.24) is 0 Å². The van der Waals surface area contributed by atoms with Crippen LogP contribution in [0.5, 0.6) is 0 Å². The van der Waals surface area contributed by atoms with Crippen LogP contribution in [0.1, 0.15) is 29.9 Å². The second-order valence-corrected chi connectivity index (χ2v) is 3.56. The average Bonchev–Trinajstić information content (AvgIpc) is 2.49. The topological polar surface area (TPSA) is 49.8 Å². The standard InChI is InChI=1S/C11H12N2.ClH/c12-6-5-8-1-2-9-7-10(13)3-4-11(8)9;/h3-4,7-8H,1-2,5,13H2;1H. The molecule has 1 aliphatic rings. The number of nitrogens with zero attached hydrogens (tertiary/aromatic N) is 1. The first kappa shape index (κ1) is 10.9. The number of nitrogens with two attached hydrogens (primary N) is 1. The molecule has 2 nitrogen and oxygen atoms in total. The number of benzene rings is 1. The minimum atomic E-state index is 0. The summed E-state index contributed by atoms with van der Waals surface area (Å²) in [6, 6.07) is 8.26. The fourth-order valence-corrected chi connectivity index (χ4v) is 2.05. The Morgan fingerprint density at radius 2 is 2.29 bits per heavy atom. The molecule has 0 aromatic heterocycles. The second kappa shape index (κ2) is 4.34. The van der Waals surface area contributed by atoms with Gasteiger partial charge in [0.1, 0.15) is 0 Å². The van der Waals surface area contributed by atoms with Crippen LogP contribution >= 0.6 is 12.4 Å². The van der Waals surface area contributed by atoms with Gasteiger partial charge in [-0.15, -0.1) is 12.4 Å². The van der Waals surface area contributed by atoms with Crippen molar-refractivity contribution in [2.24, 2.45) is 0 Å². The van der Waals surface area contributed by atoms with Crippen LogP contribution < -0.4 is 5.73 Å². The molecule has 1 unspecified atom stereocenters. The summed E-state index contributed by atoms with van der Waals surface area (Å²) in [6.45, 7) is 0. The minimum Gasteiger partial charge on any atom is -0.399 e. The van der Waals surface area contributed by atoms with Crippen molar-refractivity contribution in [3.8, 4) is 6.07 Å². The lowest BCUT2D eigenvalue weighted by molar-refractivity contribution is 0.695. The molecular formula is C11H13ClN2. The minimum absolute atomic E-state index is 0. The zero-order valence-electron chi connectivity index (χ0n) is 7.86. The number of hydrogen-bond acceptors (Lipinski definition) is 2. The molecule has 0 heterocycles. The van der Waals surface area contributed by atoms with E-state index in [9.17, 15) is 0 Å². The maximum Gasteiger partial charge on any atom is 0.0628 e. The number of halogens is 1. The molecule has 3 heteroatoms. The van der Waals surface area contributed by atoms with Crippen LogP contribution in [0, 0.1) is 11.3 Å². The molecule has 1 aromatic carbocycles. The zero-order chi connectivity index (χ0) is 9.26. The number of anilines is 1. The number of nitrogen functional groups attached to an aromatic ring is 1. The lowest BCUT2D eigenvalue weighted by Crippen LogP contribution is -1.92. The summed E-state index contributed by atoms with van der Waals surface area (Å²) >= 11 is 0. The highest BCUT2D eigenvalue weighted by atomic mass is 35.5. The van der Waals surface area contributed by atoms with E-state index in [1.165, 1.54) is 11.1 Å². The van der Waals surface area contributed by atoms with Crippen LogP contribution in [0.15, 0.2) is 18.2 Å². The number of fused-ring (bicyclic) bond motifs is 1. The van der Waals surface area contributed by atoms with Crippen LogP contribution in [0.25, 0.3) is 0 Å². The number of rotatable bonds is 1. The number of aryl methyl sites for hydroxylation is 1. The Morgan fingerprint density at radius 3 is 3.00 bits per heavy atom. The molecule has 74 valence electrons. The third-order valence-electron chi connectivity index (χ3n) is 2.71. The van der Waals surface area contributed by atoms with E-state index in [1.54, 1.807) is 0 Å². The van der Waals surface area contributed by atoms with Gasteiger partial charge in [0.15, 0.2) is 0 Å². The molecule has 0 spiro atoms. The van der Waals surface area contributed by atoms with E-state index in [2.05, 4.69) is 12.1 Å². The molecule has 0 radical (unpaired) electrons. The fourth-order valence-electron chi connectivity index (χ4n) is 2.05. The van der Waals surface area contributed by atoms with Gasteiger partial charge in [-0.2, -0.15) is 5.26 Å². The van der Waals surface area contributed by atoms with E-state index < -0.39 is 0 Å². The summed E-state index contributed by atoms with van der Waals surface area (Å²) in [7, 11) is 0. The van der Waals surface area contributed by atoms with Gasteiger partial charge in [0.2, 0.25) is 0 Å². The first-order chi connectivity index (χ1) is 6.31. The van der Waals surface area contributed by atoms with Gasteiger partial charge in [-0.1, -0.05) is 6.07 Å². The largest absolute Gasteiger partial charge is 0.399 e. The SMILES string of the molecule is Cl.N#CCC1CCc2cc(N)ccc21. The van der Waals surface area contributed by atoms with Gasteiger partial charge in [0.25, 0.3) is 0 Å². The lowest BCUT2D eigenvalue weighted by Gasteiger charge is -2.06. The van der Waals surface area contributed by atoms with Gasteiger partial charge < -0.3 is 5.73 Å². The summed E-state index contributed by atoms with van der Waals surface area (Å²) in [5.41, 5.74) is 9.18. The highest BCUT2D eigenvalue weighted by molar-refractivity contribution is 5.85. The van der Waals surface area contributed by atoms with E-state index >= 15 is 0 Å². The smallest absolute Gasteiger partial charge is 0.0628 e. The molecule has 0 bridgehead atoms. The summed E-state index contributed by atoms with van der Waals surface area (Å²) in [6.07, 6.45) is 2.82. The van der Waals surface area contributed by atoms with Gasteiger partial charge in [0.05, 0.1) is 6.07 Å². The molecule has 0 saturated carbocycles. The van der Waals surface area contributed by atoms with Crippen molar-refractivity contribution in [3.05, 3.63) is 29.3 Å². The first-order valence-corrected chi connectivity index (χ1v) is 4.56. The van der Waals surface area contributed by atoms with Crippen molar-refractivity contribution in [2.75, 3.05) is 5.73 Å². The molecule has 0 amide bonds. The molecule has 0 saturated heterocycles. The van der Waals surface area contributed by atoms with E-state index in [4.69, 9.17) is 11.0 Å². The molecule has 2 N–H and O–H groups in total. The summed E-state index contributed by atoms with van der Waals surface area (Å²) in [5, 5.41) is 8.63. The van der Waals surface area contributed by atoms with Crippen LogP contribution in [-0.2, 0) is 6.42 Å². The van der Waals surface area contributed by atoms with E-state index in [1.807, 2.05) is 12.1 Å².